The predicted octanol–water partition coefficient (Wildman–Crippen LogP) is 3.98. The molecule has 0 aliphatic heterocycles. The van der Waals surface area contributed by atoms with Crippen LogP contribution in [0.2, 0.25) is 0 Å². The van der Waals surface area contributed by atoms with E-state index in [-0.39, 0.29) is 18.2 Å². The molecule has 1 amide bonds. The van der Waals surface area contributed by atoms with Gasteiger partial charge in [0.05, 0.1) is 24.4 Å². The molecule has 0 saturated heterocycles. The Morgan fingerprint density at radius 2 is 1.66 bits per heavy atom. The van der Waals surface area contributed by atoms with Crippen LogP contribution in [0.3, 0.4) is 0 Å². The molecule has 0 N–H and O–H groups in total. The van der Waals surface area contributed by atoms with Crippen LogP contribution in [-0.4, -0.2) is 44.9 Å². The third-order valence-corrected chi connectivity index (χ3v) is 4.37. The molecule has 3 aromatic rings. The second-order valence-corrected chi connectivity index (χ2v) is 6.61. The lowest BCUT2D eigenvalue weighted by Gasteiger charge is -2.19. The molecule has 170 valence electrons. The predicted molar refractivity (Wildman–Crippen MR) is 97.9 cm³/mol. The van der Waals surface area contributed by atoms with E-state index in [2.05, 4.69) is 15.3 Å². The van der Waals surface area contributed by atoms with Crippen molar-refractivity contribution in [1.29, 1.82) is 0 Å². The van der Waals surface area contributed by atoms with Crippen molar-refractivity contribution < 1.29 is 35.9 Å². The van der Waals surface area contributed by atoms with Gasteiger partial charge in [-0.25, -0.2) is 4.68 Å². The summed E-state index contributed by atoms with van der Waals surface area (Å²) in [7, 11) is 2.53. The molecule has 0 atom stereocenters. The molecule has 32 heavy (non-hydrogen) atoms. The number of halogens is 6. The Kier molecular flexibility index (Phi) is 6.10. The topological polar surface area (TPSA) is 73.1 Å². The number of ether oxygens (including phenoxy) is 1. The molecule has 3 rings (SSSR count). The van der Waals surface area contributed by atoms with Crippen molar-refractivity contribution in [3.63, 3.8) is 0 Å². The molecule has 0 aliphatic rings. The highest BCUT2D eigenvalue weighted by atomic mass is 19.4. The van der Waals surface area contributed by atoms with E-state index in [4.69, 9.17) is 4.74 Å². The van der Waals surface area contributed by atoms with Crippen LogP contribution in [0.1, 0.15) is 27.2 Å². The molecule has 0 saturated carbocycles. The van der Waals surface area contributed by atoms with E-state index in [9.17, 15) is 31.1 Å². The highest BCUT2D eigenvalue weighted by Gasteiger charge is 2.41. The molecule has 0 fully saturated rings. The first-order valence-corrected chi connectivity index (χ1v) is 8.86. The standard InChI is InChI=1S/C19H15F6N5O2/c1-29(10-11-3-5-12(6-4-11)18(20,21)22)17(31)13-9-26-30(16(13)19(23,24)25)14-7-8-15(32-2)28-27-14/h3-9H,10H2,1-2H3. The van der Waals surface area contributed by atoms with Crippen molar-refractivity contribution in [1.82, 2.24) is 24.9 Å². The molecule has 1 aromatic carbocycles. The minimum absolute atomic E-state index is 0.0713. The summed E-state index contributed by atoms with van der Waals surface area (Å²) in [6.45, 7) is -0.220. The molecular weight excluding hydrogens is 444 g/mol. The molecule has 7 nitrogen and oxygen atoms in total. The van der Waals surface area contributed by atoms with Crippen LogP contribution in [0.25, 0.3) is 5.82 Å². The lowest BCUT2D eigenvalue weighted by Crippen LogP contribution is -2.29. The number of alkyl halides is 6. The number of hydrogen-bond acceptors (Lipinski definition) is 5. The van der Waals surface area contributed by atoms with Gasteiger partial charge in [-0.15, -0.1) is 10.2 Å². The van der Waals surface area contributed by atoms with E-state index in [0.717, 1.165) is 35.4 Å². The van der Waals surface area contributed by atoms with E-state index < -0.39 is 35.1 Å². The van der Waals surface area contributed by atoms with Crippen LogP contribution in [0.5, 0.6) is 5.88 Å². The van der Waals surface area contributed by atoms with Gasteiger partial charge in [0.2, 0.25) is 5.88 Å². The zero-order chi connectivity index (χ0) is 23.7. The first-order chi connectivity index (χ1) is 14.9. The van der Waals surface area contributed by atoms with Crippen LogP contribution in [0.15, 0.2) is 42.6 Å². The Labute approximate surface area is 177 Å². The van der Waals surface area contributed by atoms with Gasteiger partial charge < -0.3 is 9.64 Å². The van der Waals surface area contributed by atoms with Gasteiger partial charge >= 0.3 is 12.4 Å². The van der Waals surface area contributed by atoms with Crippen molar-refractivity contribution >= 4 is 5.91 Å². The number of methoxy groups -OCH3 is 1. The molecule has 0 spiro atoms. The lowest BCUT2D eigenvalue weighted by molar-refractivity contribution is -0.143. The van der Waals surface area contributed by atoms with Crippen LogP contribution in [-0.2, 0) is 18.9 Å². The summed E-state index contributed by atoms with van der Waals surface area (Å²) in [5, 5.41) is 10.8. The first-order valence-electron chi connectivity index (χ1n) is 8.86. The van der Waals surface area contributed by atoms with Crippen LogP contribution < -0.4 is 4.74 Å². The SMILES string of the molecule is COc1ccc(-n2ncc(C(=O)N(C)Cc3ccc(C(F)(F)F)cc3)c2C(F)(F)F)nn1. The van der Waals surface area contributed by atoms with Gasteiger partial charge in [0, 0.05) is 19.7 Å². The lowest BCUT2D eigenvalue weighted by atomic mass is 10.1. The van der Waals surface area contributed by atoms with Crippen molar-refractivity contribution in [2.75, 3.05) is 14.2 Å². The van der Waals surface area contributed by atoms with Crippen LogP contribution in [0.4, 0.5) is 26.3 Å². The van der Waals surface area contributed by atoms with E-state index in [1.165, 1.54) is 26.3 Å². The van der Waals surface area contributed by atoms with Gasteiger partial charge in [0.15, 0.2) is 11.5 Å². The summed E-state index contributed by atoms with van der Waals surface area (Å²) in [6, 6.07) is 6.42. The molecule has 0 unspecified atom stereocenters. The van der Waals surface area contributed by atoms with Crippen LogP contribution >= 0.6 is 0 Å². The third kappa shape index (κ3) is 4.81. The Morgan fingerprint density at radius 1 is 1.00 bits per heavy atom. The number of carbonyl (C=O) groups is 1. The monoisotopic (exact) mass is 459 g/mol. The van der Waals surface area contributed by atoms with Crippen molar-refractivity contribution in [3.8, 4) is 11.7 Å². The summed E-state index contributed by atoms with van der Waals surface area (Å²) in [4.78, 5) is 13.7. The van der Waals surface area contributed by atoms with Gasteiger partial charge in [-0.3, -0.25) is 4.79 Å². The maximum atomic E-state index is 13.8. The van der Waals surface area contributed by atoms with Crippen LogP contribution in [0, 0.1) is 0 Å². The Hall–Kier alpha value is -3.64. The van der Waals surface area contributed by atoms with E-state index in [1.54, 1.807) is 0 Å². The third-order valence-electron chi connectivity index (χ3n) is 4.37. The van der Waals surface area contributed by atoms with E-state index >= 15 is 0 Å². The number of nitrogens with zero attached hydrogens (tertiary/aromatic N) is 5. The summed E-state index contributed by atoms with van der Waals surface area (Å²) >= 11 is 0. The Morgan fingerprint density at radius 3 is 2.16 bits per heavy atom. The number of aromatic nitrogens is 4. The minimum atomic E-state index is -4.96. The van der Waals surface area contributed by atoms with Gasteiger partial charge in [-0.05, 0) is 23.8 Å². The Balaban J connectivity index is 1.89. The van der Waals surface area contributed by atoms with Gasteiger partial charge in [0.1, 0.15) is 0 Å². The maximum absolute atomic E-state index is 13.8. The van der Waals surface area contributed by atoms with Crippen molar-refractivity contribution in [2.24, 2.45) is 0 Å². The minimum Gasteiger partial charge on any atom is -0.480 e. The van der Waals surface area contributed by atoms with Gasteiger partial charge in [0.25, 0.3) is 5.91 Å². The zero-order valence-electron chi connectivity index (χ0n) is 16.6. The highest BCUT2D eigenvalue weighted by molar-refractivity contribution is 5.95. The fraction of sp³-hybridized carbons (Fsp3) is 0.263. The fourth-order valence-corrected chi connectivity index (χ4v) is 2.84. The Bertz CT molecular complexity index is 1090. The molecule has 2 aromatic heterocycles. The molecule has 0 bridgehead atoms. The smallest absolute Gasteiger partial charge is 0.434 e. The van der Waals surface area contributed by atoms with Gasteiger partial charge in [-0.1, -0.05) is 12.1 Å². The number of rotatable bonds is 5. The highest BCUT2D eigenvalue weighted by Crippen LogP contribution is 2.34. The average molecular weight is 459 g/mol. The fourth-order valence-electron chi connectivity index (χ4n) is 2.84. The summed E-state index contributed by atoms with van der Waals surface area (Å²) in [6.07, 6.45) is -8.74. The number of hydrogen-bond donors (Lipinski definition) is 0. The number of carbonyl (C=O) groups excluding carboxylic acids is 1. The molecule has 2 heterocycles. The molecule has 0 aliphatic carbocycles. The van der Waals surface area contributed by atoms with Gasteiger partial charge in [-0.2, -0.15) is 31.4 Å². The van der Waals surface area contributed by atoms with E-state index in [1.807, 2.05) is 0 Å². The van der Waals surface area contributed by atoms with E-state index in [0.29, 0.717) is 10.2 Å². The first kappa shape index (κ1) is 23.0. The zero-order valence-corrected chi connectivity index (χ0v) is 16.6. The molecule has 0 radical (unpaired) electrons. The number of benzene rings is 1. The normalized spacial score (nSPS) is 12.0. The summed E-state index contributed by atoms with van der Waals surface area (Å²) in [5.74, 6) is -1.24. The number of amides is 1. The largest absolute Gasteiger partial charge is 0.480 e. The second-order valence-electron chi connectivity index (χ2n) is 6.61. The maximum Gasteiger partial charge on any atom is 0.434 e. The molecular formula is C19H15F6N5O2. The summed E-state index contributed by atoms with van der Waals surface area (Å²) < 4.78 is 84.6. The second kappa shape index (κ2) is 8.48. The average Bonchev–Trinajstić information content (AvgIpc) is 3.18. The molecule has 13 heteroatoms. The van der Waals surface area contributed by atoms with Crippen molar-refractivity contribution in [2.45, 2.75) is 18.9 Å². The summed E-state index contributed by atoms with van der Waals surface area (Å²) in [5.41, 5.74) is -2.68. The quantitative estimate of drug-likeness (QED) is 0.540. The van der Waals surface area contributed by atoms with Crippen molar-refractivity contribution in [3.05, 3.63) is 65.0 Å².